The van der Waals surface area contributed by atoms with Crippen LogP contribution < -0.4 is 0 Å². The molecule has 0 unspecified atom stereocenters. The first-order chi connectivity index (χ1) is 12.8. The van der Waals surface area contributed by atoms with Crippen LogP contribution in [0.4, 0.5) is 0 Å². The largest absolute Gasteiger partial charge is 0.313 e. The number of rotatable bonds is 5. The highest BCUT2D eigenvalue weighted by molar-refractivity contribution is 7.99. The number of para-hydroxylation sites is 1. The molecule has 0 saturated heterocycles. The predicted octanol–water partition coefficient (Wildman–Crippen LogP) is 4.49. The number of thiazole rings is 1. The Morgan fingerprint density at radius 3 is 2.96 bits per heavy atom. The van der Waals surface area contributed by atoms with Crippen molar-refractivity contribution in [3.05, 3.63) is 36.0 Å². The Morgan fingerprint density at radius 1 is 1.27 bits per heavy atom. The van der Waals surface area contributed by atoms with Gasteiger partial charge in [-0.25, -0.2) is 0 Å². The summed E-state index contributed by atoms with van der Waals surface area (Å²) in [6.07, 6.45) is 9.12. The number of thioether (sulfide) groups is 1. The maximum absolute atomic E-state index is 13.0. The molecule has 7 heteroatoms. The Balaban J connectivity index is 1.37. The molecule has 1 saturated carbocycles. The summed E-state index contributed by atoms with van der Waals surface area (Å²) in [5.41, 5.74) is 2.36. The highest BCUT2D eigenvalue weighted by atomic mass is 32.2. The molecule has 1 aromatic carbocycles. The molecule has 2 aliphatic rings. The molecular weight excluding hydrogens is 364 g/mol. The molecule has 2 heterocycles. The van der Waals surface area contributed by atoms with E-state index in [9.17, 15) is 4.79 Å². The normalized spacial score (nSPS) is 17.6. The van der Waals surface area contributed by atoms with Gasteiger partial charge in [-0.05, 0) is 50.7 Å². The fourth-order valence-corrected chi connectivity index (χ4v) is 5.44. The smallest absolute Gasteiger partial charge is 0.237 e. The number of carbonyl (C=O) groups is 1. The molecule has 1 amide bonds. The van der Waals surface area contributed by atoms with Crippen molar-refractivity contribution in [2.45, 2.75) is 49.7 Å². The third-order valence-electron chi connectivity index (χ3n) is 4.99. The Bertz CT molecular complexity index is 1000. The SMILES string of the molecule is O=C(CSc1nnc2sc3ccccc3n12)N(C1=CCCCC1)C1CC1. The summed E-state index contributed by atoms with van der Waals surface area (Å²) in [6, 6.07) is 8.66. The van der Waals surface area contributed by atoms with E-state index in [1.54, 1.807) is 11.3 Å². The average Bonchev–Trinajstić information content (AvgIpc) is 3.31. The van der Waals surface area contributed by atoms with Crippen molar-refractivity contribution in [1.29, 1.82) is 0 Å². The number of amides is 1. The molecule has 2 aromatic heterocycles. The third kappa shape index (κ3) is 2.93. The van der Waals surface area contributed by atoms with Crippen LogP contribution >= 0.6 is 23.1 Å². The summed E-state index contributed by atoms with van der Waals surface area (Å²) in [7, 11) is 0. The van der Waals surface area contributed by atoms with Crippen molar-refractivity contribution >= 4 is 44.2 Å². The molecule has 3 aromatic rings. The molecular formula is C19H20N4OS2. The first kappa shape index (κ1) is 16.3. The molecule has 26 heavy (non-hydrogen) atoms. The first-order valence-corrected chi connectivity index (χ1v) is 11.0. The quantitative estimate of drug-likeness (QED) is 0.609. The van der Waals surface area contributed by atoms with E-state index in [4.69, 9.17) is 0 Å². The summed E-state index contributed by atoms with van der Waals surface area (Å²) in [5.74, 6) is 0.626. The number of fused-ring (bicyclic) bond motifs is 3. The summed E-state index contributed by atoms with van der Waals surface area (Å²) < 4.78 is 3.26. The fraction of sp³-hybridized carbons (Fsp3) is 0.421. The summed E-state index contributed by atoms with van der Waals surface area (Å²) in [6.45, 7) is 0. The minimum atomic E-state index is 0.210. The van der Waals surface area contributed by atoms with E-state index in [-0.39, 0.29) is 5.91 Å². The predicted molar refractivity (Wildman–Crippen MR) is 106 cm³/mol. The zero-order valence-corrected chi connectivity index (χ0v) is 16.1. The van der Waals surface area contributed by atoms with Crippen LogP contribution in [0.25, 0.3) is 15.2 Å². The Labute approximate surface area is 160 Å². The lowest BCUT2D eigenvalue weighted by Gasteiger charge is -2.27. The molecule has 2 aliphatic carbocycles. The lowest BCUT2D eigenvalue weighted by atomic mass is 10.0. The number of aromatic nitrogens is 3. The number of allylic oxidation sites excluding steroid dienone is 2. The number of hydrogen-bond donors (Lipinski definition) is 0. The van der Waals surface area contributed by atoms with Gasteiger partial charge in [0.1, 0.15) is 0 Å². The summed E-state index contributed by atoms with van der Waals surface area (Å²) in [4.78, 5) is 15.9. The highest BCUT2D eigenvalue weighted by Crippen LogP contribution is 2.35. The second kappa shape index (κ2) is 6.70. The van der Waals surface area contributed by atoms with Gasteiger partial charge in [0.05, 0.1) is 16.0 Å². The van der Waals surface area contributed by atoms with Crippen molar-refractivity contribution in [1.82, 2.24) is 19.5 Å². The van der Waals surface area contributed by atoms with Gasteiger partial charge in [0, 0.05) is 11.7 Å². The zero-order chi connectivity index (χ0) is 17.5. The van der Waals surface area contributed by atoms with Gasteiger partial charge < -0.3 is 4.90 Å². The molecule has 0 atom stereocenters. The average molecular weight is 385 g/mol. The lowest BCUT2D eigenvalue weighted by molar-refractivity contribution is -0.127. The van der Waals surface area contributed by atoms with Crippen molar-refractivity contribution in [2.24, 2.45) is 0 Å². The molecule has 134 valence electrons. The van der Waals surface area contributed by atoms with Gasteiger partial charge in [0.25, 0.3) is 0 Å². The molecule has 0 bridgehead atoms. The van der Waals surface area contributed by atoms with E-state index in [1.165, 1.54) is 35.0 Å². The minimum absolute atomic E-state index is 0.210. The van der Waals surface area contributed by atoms with Crippen LogP contribution in [0.2, 0.25) is 0 Å². The molecule has 5 rings (SSSR count). The van der Waals surface area contributed by atoms with Gasteiger partial charge in [-0.2, -0.15) is 0 Å². The molecule has 0 spiro atoms. The summed E-state index contributed by atoms with van der Waals surface area (Å²) in [5, 5.41) is 9.41. The fourth-order valence-electron chi connectivity index (χ4n) is 3.62. The maximum atomic E-state index is 13.0. The highest BCUT2D eigenvalue weighted by Gasteiger charge is 2.35. The minimum Gasteiger partial charge on any atom is -0.313 e. The second-order valence-electron chi connectivity index (χ2n) is 6.90. The van der Waals surface area contributed by atoms with Crippen molar-refractivity contribution in [2.75, 3.05) is 5.75 Å². The van der Waals surface area contributed by atoms with E-state index >= 15 is 0 Å². The number of hydrogen-bond acceptors (Lipinski definition) is 5. The Hall–Kier alpha value is -1.86. The first-order valence-electron chi connectivity index (χ1n) is 9.18. The van der Waals surface area contributed by atoms with Gasteiger partial charge in [0.15, 0.2) is 5.16 Å². The molecule has 0 radical (unpaired) electrons. The van der Waals surface area contributed by atoms with Crippen LogP contribution in [-0.4, -0.2) is 37.2 Å². The molecule has 5 nitrogen and oxygen atoms in total. The van der Waals surface area contributed by atoms with Crippen molar-refractivity contribution in [3.63, 3.8) is 0 Å². The maximum Gasteiger partial charge on any atom is 0.237 e. The van der Waals surface area contributed by atoms with E-state index in [1.807, 2.05) is 12.1 Å². The zero-order valence-electron chi connectivity index (χ0n) is 14.4. The van der Waals surface area contributed by atoms with Crippen molar-refractivity contribution in [3.8, 4) is 0 Å². The van der Waals surface area contributed by atoms with Crippen LogP contribution in [0.15, 0.2) is 41.2 Å². The number of carbonyl (C=O) groups excluding carboxylic acids is 1. The van der Waals surface area contributed by atoms with Crippen LogP contribution in [0.5, 0.6) is 0 Å². The molecule has 1 fully saturated rings. The van der Waals surface area contributed by atoms with E-state index in [0.29, 0.717) is 11.8 Å². The van der Waals surface area contributed by atoms with E-state index in [0.717, 1.165) is 41.3 Å². The van der Waals surface area contributed by atoms with Gasteiger partial charge in [-0.15, -0.1) is 10.2 Å². The standard InChI is InChI=1S/C19H20N4OS2/c24-17(22(14-10-11-14)13-6-2-1-3-7-13)12-25-18-20-21-19-23(18)15-8-4-5-9-16(15)26-19/h4-6,8-9,14H,1-3,7,10-12H2. The van der Waals surface area contributed by atoms with Gasteiger partial charge in [0.2, 0.25) is 10.9 Å². The lowest BCUT2D eigenvalue weighted by Crippen LogP contribution is -2.34. The van der Waals surface area contributed by atoms with Crippen LogP contribution in [0, 0.1) is 0 Å². The van der Waals surface area contributed by atoms with Crippen LogP contribution in [-0.2, 0) is 4.79 Å². The number of nitrogens with zero attached hydrogens (tertiary/aromatic N) is 4. The van der Waals surface area contributed by atoms with Gasteiger partial charge in [-0.3, -0.25) is 9.20 Å². The topological polar surface area (TPSA) is 50.5 Å². The summed E-state index contributed by atoms with van der Waals surface area (Å²) >= 11 is 3.13. The van der Waals surface area contributed by atoms with Crippen molar-refractivity contribution < 1.29 is 4.79 Å². The second-order valence-corrected chi connectivity index (χ2v) is 8.85. The van der Waals surface area contributed by atoms with E-state index < -0.39 is 0 Å². The molecule has 0 N–H and O–H groups in total. The molecule has 0 aliphatic heterocycles. The Kier molecular flexibility index (Phi) is 4.21. The van der Waals surface area contributed by atoms with Crippen LogP contribution in [0.1, 0.15) is 38.5 Å². The van der Waals surface area contributed by atoms with Crippen LogP contribution in [0.3, 0.4) is 0 Å². The third-order valence-corrected chi connectivity index (χ3v) is 6.92. The Morgan fingerprint density at radius 2 is 2.15 bits per heavy atom. The van der Waals surface area contributed by atoms with Gasteiger partial charge >= 0.3 is 0 Å². The number of benzene rings is 1. The van der Waals surface area contributed by atoms with E-state index in [2.05, 4.69) is 37.7 Å². The van der Waals surface area contributed by atoms with Gasteiger partial charge in [-0.1, -0.05) is 41.3 Å². The monoisotopic (exact) mass is 384 g/mol.